The number of urea groups is 1. The summed E-state index contributed by atoms with van der Waals surface area (Å²) in [6, 6.07) is 15.7. The molecule has 0 unspecified atom stereocenters. The Morgan fingerprint density at radius 1 is 1.00 bits per heavy atom. The Balaban J connectivity index is 1.49. The molecular formula is C26H28FN3O2S. The van der Waals surface area contributed by atoms with E-state index in [-0.39, 0.29) is 30.3 Å². The van der Waals surface area contributed by atoms with Crippen LogP contribution in [0, 0.1) is 19.7 Å². The van der Waals surface area contributed by atoms with Gasteiger partial charge in [-0.2, -0.15) is 0 Å². The van der Waals surface area contributed by atoms with Gasteiger partial charge >= 0.3 is 6.03 Å². The third kappa shape index (κ3) is 6.20. The Morgan fingerprint density at radius 3 is 2.30 bits per heavy atom. The van der Waals surface area contributed by atoms with Crippen molar-refractivity contribution in [2.75, 3.05) is 11.9 Å². The Labute approximate surface area is 197 Å². The molecular weight excluding hydrogens is 437 g/mol. The lowest BCUT2D eigenvalue weighted by Crippen LogP contribution is -2.45. The Kier molecular flexibility index (Phi) is 7.08. The number of carbonyl (C=O) groups excluding carboxylic acids is 2. The number of rotatable bonds is 8. The van der Waals surface area contributed by atoms with Gasteiger partial charge in [0.05, 0.1) is 6.54 Å². The van der Waals surface area contributed by atoms with Crippen molar-refractivity contribution in [1.82, 2.24) is 9.80 Å². The molecule has 172 valence electrons. The highest BCUT2D eigenvalue weighted by Crippen LogP contribution is 2.28. The van der Waals surface area contributed by atoms with Crippen LogP contribution in [0.4, 0.5) is 14.9 Å². The van der Waals surface area contributed by atoms with Crippen molar-refractivity contribution < 1.29 is 14.0 Å². The number of carbonyl (C=O) groups is 2. The van der Waals surface area contributed by atoms with Crippen molar-refractivity contribution in [3.63, 3.8) is 0 Å². The molecule has 0 aliphatic heterocycles. The number of benzene rings is 2. The molecule has 0 atom stereocenters. The highest BCUT2D eigenvalue weighted by Gasteiger charge is 2.35. The third-order valence-electron chi connectivity index (χ3n) is 5.80. The zero-order valence-corrected chi connectivity index (χ0v) is 19.7. The SMILES string of the molecule is Cc1ccc(NC(=O)N(CC(=O)N(Cc2ccc(F)cc2)Cc2sccc2C)C2CC2)cc1. The molecule has 1 aliphatic carbocycles. The molecule has 1 aromatic heterocycles. The summed E-state index contributed by atoms with van der Waals surface area (Å²) in [7, 11) is 0. The van der Waals surface area contributed by atoms with E-state index in [1.807, 2.05) is 49.6 Å². The van der Waals surface area contributed by atoms with Crippen LogP contribution in [0.25, 0.3) is 0 Å². The van der Waals surface area contributed by atoms with Gasteiger partial charge in [0.2, 0.25) is 5.91 Å². The molecule has 33 heavy (non-hydrogen) atoms. The van der Waals surface area contributed by atoms with Crippen molar-refractivity contribution in [3.8, 4) is 0 Å². The van der Waals surface area contributed by atoms with Crippen LogP contribution >= 0.6 is 11.3 Å². The number of hydrogen-bond acceptors (Lipinski definition) is 3. The van der Waals surface area contributed by atoms with Crippen molar-refractivity contribution in [2.45, 2.75) is 45.8 Å². The molecule has 0 bridgehead atoms. The first kappa shape index (κ1) is 23.0. The van der Waals surface area contributed by atoms with E-state index in [2.05, 4.69) is 5.32 Å². The molecule has 4 rings (SSSR count). The van der Waals surface area contributed by atoms with Crippen molar-refractivity contribution in [3.05, 3.63) is 87.4 Å². The fraction of sp³-hybridized carbons (Fsp3) is 0.308. The van der Waals surface area contributed by atoms with Crippen LogP contribution < -0.4 is 5.32 Å². The summed E-state index contributed by atoms with van der Waals surface area (Å²) in [5, 5.41) is 4.93. The fourth-order valence-corrected chi connectivity index (χ4v) is 4.53. The van der Waals surface area contributed by atoms with E-state index in [0.29, 0.717) is 18.8 Å². The van der Waals surface area contributed by atoms with Gasteiger partial charge in [0.15, 0.2) is 0 Å². The van der Waals surface area contributed by atoms with Crippen LogP contribution in [0.1, 0.15) is 34.4 Å². The molecule has 1 saturated carbocycles. The summed E-state index contributed by atoms with van der Waals surface area (Å²) in [6.07, 6.45) is 1.80. The maximum absolute atomic E-state index is 13.4. The molecule has 0 radical (unpaired) electrons. The molecule has 1 aliphatic rings. The summed E-state index contributed by atoms with van der Waals surface area (Å²) in [5.74, 6) is -0.434. The van der Waals surface area contributed by atoms with Crippen LogP contribution in [0.2, 0.25) is 0 Å². The molecule has 3 amide bonds. The molecule has 3 aromatic rings. The first-order valence-electron chi connectivity index (χ1n) is 11.1. The van der Waals surface area contributed by atoms with Gasteiger partial charge < -0.3 is 15.1 Å². The van der Waals surface area contributed by atoms with Crippen molar-refractivity contribution >= 4 is 29.0 Å². The summed E-state index contributed by atoms with van der Waals surface area (Å²) in [4.78, 5) is 30.9. The molecule has 0 spiro atoms. The van der Waals surface area contributed by atoms with Crippen LogP contribution in [0.5, 0.6) is 0 Å². The van der Waals surface area contributed by atoms with E-state index in [0.717, 1.165) is 34.4 Å². The number of anilines is 1. The first-order chi connectivity index (χ1) is 15.9. The Bertz CT molecular complexity index is 1110. The lowest BCUT2D eigenvalue weighted by Gasteiger charge is -2.28. The predicted octanol–water partition coefficient (Wildman–Crippen LogP) is 5.73. The van der Waals surface area contributed by atoms with E-state index in [1.54, 1.807) is 33.3 Å². The quantitative estimate of drug-likeness (QED) is 0.462. The van der Waals surface area contributed by atoms with Crippen molar-refractivity contribution in [2.24, 2.45) is 0 Å². The Morgan fingerprint density at radius 2 is 1.70 bits per heavy atom. The fourth-order valence-electron chi connectivity index (χ4n) is 3.61. The number of aryl methyl sites for hydroxylation is 2. The molecule has 1 fully saturated rings. The second-order valence-electron chi connectivity index (χ2n) is 8.56. The van der Waals surface area contributed by atoms with E-state index in [9.17, 15) is 14.0 Å². The standard InChI is InChI=1S/C26H28FN3O2S/c1-18-3-9-22(10-4-18)28-26(32)30(23-11-12-23)17-25(31)29(16-24-19(2)13-14-33-24)15-20-5-7-21(27)8-6-20/h3-10,13-14,23H,11-12,15-17H2,1-2H3,(H,28,32). The highest BCUT2D eigenvalue weighted by molar-refractivity contribution is 7.10. The van der Waals surface area contributed by atoms with Gasteiger partial charge in [-0.1, -0.05) is 29.8 Å². The maximum Gasteiger partial charge on any atom is 0.322 e. The van der Waals surface area contributed by atoms with Gasteiger partial charge in [-0.25, -0.2) is 9.18 Å². The van der Waals surface area contributed by atoms with Gasteiger partial charge in [-0.3, -0.25) is 4.79 Å². The molecule has 5 nitrogen and oxygen atoms in total. The lowest BCUT2D eigenvalue weighted by atomic mass is 10.2. The number of halogens is 1. The zero-order chi connectivity index (χ0) is 23.4. The predicted molar refractivity (Wildman–Crippen MR) is 130 cm³/mol. The molecule has 2 aromatic carbocycles. The van der Waals surface area contributed by atoms with Crippen LogP contribution in [-0.4, -0.2) is 34.3 Å². The van der Waals surface area contributed by atoms with Gasteiger partial charge in [0.1, 0.15) is 12.4 Å². The van der Waals surface area contributed by atoms with Crippen LogP contribution in [0.15, 0.2) is 60.0 Å². The number of amides is 3. The molecule has 1 heterocycles. The maximum atomic E-state index is 13.4. The van der Waals surface area contributed by atoms with E-state index < -0.39 is 0 Å². The number of hydrogen-bond donors (Lipinski definition) is 1. The number of nitrogens with one attached hydrogen (secondary N) is 1. The second kappa shape index (κ2) is 10.2. The topological polar surface area (TPSA) is 52.7 Å². The van der Waals surface area contributed by atoms with Gasteiger partial charge in [-0.05, 0) is 73.5 Å². The van der Waals surface area contributed by atoms with E-state index >= 15 is 0 Å². The Hall–Kier alpha value is -3.19. The average molecular weight is 466 g/mol. The minimum Gasteiger partial charge on any atom is -0.332 e. The number of nitrogens with zero attached hydrogens (tertiary/aromatic N) is 2. The highest BCUT2D eigenvalue weighted by atomic mass is 32.1. The normalized spacial score (nSPS) is 12.9. The summed E-state index contributed by atoms with van der Waals surface area (Å²) in [6.45, 7) is 4.84. The van der Waals surface area contributed by atoms with Crippen LogP contribution in [0.3, 0.4) is 0 Å². The van der Waals surface area contributed by atoms with E-state index in [4.69, 9.17) is 0 Å². The average Bonchev–Trinajstić information content (AvgIpc) is 3.56. The summed E-state index contributed by atoms with van der Waals surface area (Å²) < 4.78 is 13.4. The minimum absolute atomic E-state index is 0.00792. The molecule has 1 N–H and O–H groups in total. The summed E-state index contributed by atoms with van der Waals surface area (Å²) in [5.41, 5.74) is 3.80. The van der Waals surface area contributed by atoms with E-state index in [1.165, 1.54) is 12.1 Å². The van der Waals surface area contributed by atoms with Gasteiger partial charge in [0.25, 0.3) is 0 Å². The first-order valence-corrected chi connectivity index (χ1v) is 12.0. The van der Waals surface area contributed by atoms with Crippen LogP contribution in [-0.2, 0) is 17.9 Å². The van der Waals surface area contributed by atoms with Gasteiger partial charge in [0, 0.05) is 23.2 Å². The minimum atomic E-state index is -0.307. The largest absolute Gasteiger partial charge is 0.332 e. The lowest BCUT2D eigenvalue weighted by molar-refractivity contribution is -0.133. The van der Waals surface area contributed by atoms with Gasteiger partial charge in [-0.15, -0.1) is 11.3 Å². The summed E-state index contributed by atoms with van der Waals surface area (Å²) >= 11 is 1.61. The monoisotopic (exact) mass is 465 g/mol. The molecule has 7 heteroatoms. The third-order valence-corrected chi connectivity index (χ3v) is 6.81. The number of thiophene rings is 1. The second-order valence-corrected chi connectivity index (χ2v) is 9.56. The zero-order valence-electron chi connectivity index (χ0n) is 18.9. The molecule has 0 saturated heterocycles. The van der Waals surface area contributed by atoms with Crippen molar-refractivity contribution in [1.29, 1.82) is 0 Å². The smallest absolute Gasteiger partial charge is 0.322 e.